The summed E-state index contributed by atoms with van der Waals surface area (Å²) < 4.78 is 46.7. The van der Waals surface area contributed by atoms with Crippen LogP contribution in [0.2, 0.25) is 0 Å². The van der Waals surface area contributed by atoms with Crippen molar-refractivity contribution < 1.29 is 17.5 Å². The van der Waals surface area contributed by atoms with Crippen LogP contribution in [0, 0.1) is 11.7 Å². The second-order valence-corrected chi connectivity index (χ2v) is 7.96. The first-order chi connectivity index (χ1) is 10.4. The smallest absolute Gasteiger partial charge is 0.244 e. The predicted molar refractivity (Wildman–Crippen MR) is 93.0 cm³/mol. The Morgan fingerprint density at radius 1 is 1.43 bits per heavy atom. The largest absolute Gasteiger partial charge is 0.495 e. The molecule has 0 spiro atoms. The Hall–Kier alpha value is -0.410. The molecule has 1 aromatic rings. The van der Waals surface area contributed by atoms with Crippen LogP contribution in [0.3, 0.4) is 0 Å². The van der Waals surface area contributed by atoms with Crippen LogP contribution >= 0.6 is 28.3 Å². The minimum Gasteiger partial charge on any atom is -0.495 e. The molecule has 0 saturated heterocycles. The van der Waals surface area contributed by atoms with E-state index in [0.717, 1.165) is 31.7 Å². The van der Waals surface area contributed by atoms with E-state index in [-0.39, 0.29) is 46.0 Å². The molecule has 0 aliphatic heterocycles. The molecule has 23 heavy (non-hydrogen) atoms. The fourth-order valence-electron chi connectivity index (χ4n) is 2.84. The van der Waals surface area contributed by atoms with Crippen molar-refractivity contribution in [3.63, 3.8) is 0 Å². The molecule has 9 heteroatoms. The van der Waals surface area contributed by atoms with Crippen LogP contribution in [0.15, 0.2) is 21.5 Å². The van der Waals surface area contributed by atoms with Gasteiger partial charge in [0.25, 0.3) is 0 Å². The first-order valence-electron chi connectivity index (χ1n) is 7.14. The van der Waals surface area contributed by atoms with E-state index in [1.54, 1.807) is 0 Å². The van der Waals surface area contributed by atoms with Gasteiger partial charge in [0, 0.05) is 12.6 Å². The van der Waals surface area contributed by atoms with E-state index in [4.69, 9.17) is 10.5 Å². The minimum absolute atomic E-state index is 0. The van der Waals surface area contributed by atoms with Crippen LogP contribution in [0.25, 0.3) is 0 Å². The summed E-state index contributed by atoms with van der Waals surface area (Å²) in [6, 6.07) is 1.91. The molecule has 1 aliphatic rings. The zero-order chi connectivity index (χ0) is 16.3. The number of rotatable bonds is 6. The highest BCUT2D eigenvalue weighted by atomic mass is 79.9. The van der Waals surface area contributed by atoms with Crippen LogP contribution in [-0.4, -0.2) is 28.1 Å². The number of benzene rings is 1. The van der Waals surface area contributed by atoms with Crippen molar-refractivity contribution in [2.75, 3.05) is 13.7 Å². The summed E-state index contributed by atoms with van der Waals surface area (Å²) in [6.07, 6.45) is 4.07. The number of ether oxygens (including phenoxy) is 1. The molecule has 0 amide bonds. The molecule has 132 valence electrons. The monoisotopic (exact) mass is 430 g/mol. The summed E-state index contributed by atoms with van der Waals surface area (Å²) in [6.45, 7) is 0.214. The lowest BCUT2D eigenvalue weighted by Crippen LogP contribution is -2.44. The van der Waals surface area contributed by atoms with E-state index >= 15 is 0 Å². The number of nitrogens with two attached hydrogens (primary N) is 1. The molecule has 1 saturated carbocycles. The van der Waals surface area contributed by atoms with Crippen molar-refractivity contribution in [1.29, 1.82) is 0 Å². The van der Waals surface area contributed by atoms with Gasteiger partial charge in [0.1, 0.15) is 16.5 Å². The molecule has 3 N–H and O–H groups in total. The molecule has 2 rings (SSSR count). The van der Waals surface area contributed by atoms with E-state index in [1.165, 1.54) is 13.2 Å². The quantitative estimate of drug-likeness (QED) is 0.726. The molecule has 0 heterocycles. The summed E-state index contributed by atoms with van der Waals surface area (Å²) in [5.41, 5.74) is 5.72. The Labute approximate surface area is 150 Å². The second kappa shape index (κ2) is 8.62. The third kappa shape index (κ3) is 4.79. The molecule has 1 unspecified atom stereocenters. The van der Waals surface area contributed by atoms with E-state index in [9.17, 15) is 12.8 Å². The standard InChI is InChI=1S/C14H20BrFN2O3S.ClH/c1-21-13-6-10(15)11(16)7-14(13)22(19,20)18-12(8-17)9-4-2-3-5-9;/h6-7,9,12,18H,2-5,8,17H2,1H3;1H. The minimum atomic E-state index is -3.91. The van der Waals surface area contributed by atoms with Gasteiger partial charge < -0.3 is 10.5 Å². The van der Waals surface area contributed by atoms with Gasteiger partial charge in [-0.25, -0.2) is 17.5 Å². The zero-order valence-electron chi connectivity index (χ0n) is 12.7. The Kier molecular flexibility index (Phi) is 7.73. The highest BCUT2D eigenvalue weighted by Gasteiger charge is 2.30. The molecule has 1 aliphatic carbocycles. The SMILES string of the molecule is COc1cc(Br)c(F)cc1S(=O)(=O)NC(CN)C1CCCC1.Cl. The highest BCUT2D eigenvalue weighted by molar-refractivity contribution is 9.10. The zero-order valence-corrected chi connectivity index (χ0v) is 15.9. The lowest BCUT2D eigenvalue weighted by atomic mass is 9.99. The predicted octanol–water partition coefficient (Wildman–Crippen LogP) is 2.81. The van der Waals surface area contributed by atoms with Gasteiger partial charge >= 0.3 is 0 Å². The summed E-state index contributed by atoms with van der Waals surface area (Å²) in [7, 11) is -2.56. The molecule has 1 atom stereocenters. The Bertz CT molecular complexity index is 639. The Morgan fingerprint density at radius 2 is 2.04 bits per heavy atom. The molecule has 1 fully saturated rings. The number of nitrogens with one attached hydrogen (secondary N) is 1. The topological polar surface area (TPSA) is 81.4 Å². The van der Waals surface area contributed by atoms with E-state index in [1.807, 2.05) is 0 Å². The molecule has 5 nitrogen and oxygen atoms in total. The molecule has 0 aromatic heterocycles. The van der Waals surface area contributed by atoms with Gasteiger partial charge in [0.15, 0.2) is 0 Å². The number of hydrogen-bond donors (Lipinski definition) is 2. The molecule has 0 radical (unpaired) electrons. The molecule has 0 bridgehead atoms. The van der Waals surface area contributed by atoms with Crippen LogP contribution in [0.1, 0.15) is 25.7 Å². The summed E-state index contributed by atoms with van der Waals surface area (Å²) >= 11 is 3.02. The fourth-order valence-corrected chi connectivity index (χ4v) is 4.64. The Balaban J connectivity index is 0.00000264. The van der Waals surface area contributed by atoms with Crippen LogP contribution in [0.5, 0.6) is 5.75 Å². The summed E-state index contributed by atoms with van der Waals surface area (Å²) in [4.78, 5) is -0.216. The lowest BCUT2D eigenvalue weighted by Gasteiger charge is -2.23. The van der Waals surface area contributed by atoms with Gasteiger partial charge in [0.05, 0.1) is 11.6 Å². The van der Waals surface area contributed by atoms with Crippen molar-refractivity contribution >= 4 is 38.4 Å². The van der Waals surface area contributed by atoms with Crippen molar-refractivity contribution in [2.24, 2.45) is 11.7 Å². The first-order valence-corrected chi connectivity index (χ1v) is 9.42. The highest BCUT2D eigenvalue weighted by Crippen LogP contribution is 2.32. The van der Waals surface area contributed by atoms with E-state index in [2.05, 4.69) is 20.7 Å². The van der Waals surface area contributed by atoms with Gasteiger partial charge in [-0.2, -0.15) is 0 Å². The fraction of sp³-hybridized carbons (Fsp3) is 0.571. The molecule has 1 aromatic carbocycles. The van der Waals surface area contributed by atoms with Gasteiger partial charge in [-0.1, -0.05) is 12.8 Å². The maximum atomic E-state index is 13.7. The van der Waals surface area contributed by atoms with Crippen molar-refractivity contribution in [3.8, 4) is 5.75 Å². The van der Waals surface area contributed by atoms with E-state index in [0.29, 0.717) is 0 Å². The van der Waals surface area contributed by atoms with Crippen molar-refractivity contribution in [3.05, 3.63) is 22.4 Å². The number of halogens is 3. The van der Waals surface area contributed by atoms with Crippen molar-refractivity contribution in [1.82, 2.24) is 4.72 Å². The summed E-state index contributed by atoms with van der Waals surface area (Å²) in [5.74, 6) is -0.347. The molecular formula is C14H21BrClFN2O3S. The first kappa shape index (κ1) is 20.6. The third-order valence-electron chi connectivity index (χ3n) is 4.03. The maximum absolute atomic E-state index is 13.7. The lowest BCUT2D eigenvalue weighted by molar-refractivity contribution is 0.392. The van der Waals surface area contributed by atoms with Crippen molar-refractivity contribution in [2.45, 2.75) is 36.6 Å². The molecular weight excluding hydrogens is 411 g/mol. The average molecular weight is 432 g/mol. The number of hydrogen-bond acceptors (Lipinski definition) is 4. The second-order valence-electron chi connectivity index (χ2n) is 5.43. The number of sulfonamides is 1. The van der Waals surface area contributed by atoms with Gasteiger partial charge in [-0.3, -0.25) is 0 Å². The maximum Gasteiger partial charge on any atom is 0.244 e. The van der Waals surface area contributed by atoms with Crippen LogP contribution in [0.4, 0.5) is 4.39 Å². The normalized spacial score (nSPS) is 16.9. The van der Waals surface area contributed by atoms with Gasteiger partial charge in [-0.05, 0) is 46.8 Å². The van der Waals surface area contributed by atoms with Gasteiger partial charge in [0.2, 0.25) is 10.0 Å². The van der Waals surface area contributed by atoms with Crippen LogP contribution in [-0.2, 0) is 10.0 Å². The number of methoxy groups -OCH3 is 1. The Morgan fingerprint density at radius 3 is 2.57 bits per heavy atom. The average Bonchev–Trinajstić information content (AvgIpc) is 3.01. The van der Waals surface area contributed by atoms with Crippen LogP contribution < -0.4 is 15.2 Å². The van der Waals surface area contributed by atoms with E-state index < -0.39 is 15.8 Å². The third-order valence-corrected chi connectivity index (χ3v) is 6.14. The van der Waals surface area contributed by atoms with Gasteiger partial charge in [-0.15, -0.1) is 12.4 Å². The summed E-state index contributed by atoms with van der Waals surface area (Å²) in [5, 5.41) is 0.